The summed E-state index contributed by atoms with van der Waals surface area (Å²) in [5.74, 6) is 0. The molecule has 0 atom stereocenters. The summed E-state index contributed by atoms with van der Waals surface area (Å²) < 4.78 is 0. The summed E-state index contributed by atoms with van der Waals surface area (Å²) in [7, 11) is 11.9. The first-order chi connectivity index (χ1) is 8.87. The summed E-state index contributed by atoms with van der Waals surface area (Å²) in [6.45, 7) is 9.49. The molecule has 0 bridgehead atoms. The second-order valence-corrected chi connectivity index (χ2v) is 4.90. The van der Waals surface area contributed by atoms with Crippen LogP contribution in [0.25, 0.3) is 0 Å². The molecule has 0 aromatic heterocycles. The molecule has 0 spiro atoms. The maximum Gasteiger partial charge on any atom is 0.00985 e. The van der Waals surface area contributed by atoms with Crippen LogP contribution in [-0.2, 0) is 0 Å². The fraction of sp³-hybridized carbons (Fsp3) is 1.00. The molecule has 22 heavy (non-hydrogen) atoms. The predicted octanol–water partition coefficient (Wildman–Crippen LogP) is 1.70. The SMILES string of the molecule is CCCC.CCCN(C)C.CN(C)CCN.CNC.[2HH].[2HH].[2HH].[B].[B].[B]. The third-order valence-electron chi connectivity index (χ3n) is 1.75. The van der Waals surface area contributed by atoms with Crippen molar-refractivity contribution >= 4 is 25.2 Å². The molecule has 9 radical (unpaired) electrons. The van der Waals surface area contributed by atoms with E-state index in [1.807, 2.05) is 28.2 Å². The van der Waals surface area contributed by atoms with Gasteiger partial charge in [-0.2, -0.15) is 0 Å². The average Bonchev–Trinajstić information content (AvgIpc) is 2.31. The molecule has 0 aliphatic rings. The van der Waals surface area contributed by atoms with E-state index in [4.69, 9.17) is 5.73 Å². The number of nitrogens with one attached hydrogen (secondary N) is 1. The number of nitrogens with two attached hydrogens (primary N) is 1. The summed E-state index contributed by atoms with van der Waals surface area (Å²) in [6, 6.07) is 0. The van der Waals surface area contributed by atoms with Crippen molar-refractivity contribution in [2.24, 2.45) is 5.73 Å². The highest BCUT2D eigenvalue weighted by Gasteiger charge is 1.80. The standard InChI is InChI=1S/C5H13N.C4H12N2.C4H10.C2H7N.3B.3H2/c1-4-5-6(2)3;1-6(2)4-3-5;1-3-4-2;1-3-2;;;;;;/h4-5H2,1-3H3;3-5H2,1-2H3;3-4H2,1-2H3;3H,1-2H3;;;;3*1H/i;;;;;;;3*1+1. The zero-order chi connectivity index (χ0) is 16.1. The van der Waals surface area contributed by atoms with E-state index in [2.05, 4.69) is 50.0 Å². The van der Waals surface area contributed by atoms with Crippen molar-refractivity contribution in [2.75, 3.05) is 61.9 Å². The highest BCUT2D eigenvalue weighted by Crippen LogP contribution is 1.77. The Balaban J connectivity index is -0.0000000143. The first-order valence-electron chi connectivity index (χ1n) is 7.45. The van der Waals surface area contributed by atoms with E-state index in [-0.39, 0.29) is 29.5 Å². The van der Waals surface area contributed by atoms with Crippen molar-refractivity contribution in [3.05, 3.63) is 0 Å². The van der Waals surface area contributed by atoms with Gasteiger partial charge >= 0.3 is 0 Å². The highest BCUT2D eigenvalue weighted by atomic mass is 15.1. The van der Waals surface area contributed by atoms with Gasteiger partial charge in [-0.15, -0.1) is 0 Å². The van der Waals surface area contributed by atoms with Crippen molar-refractivity contribution in [1.29, 1.82) is 0 Å². The fourth-order valence-electron chi connectivity index (χ4n) is 0.705. The molecule has 4 nitrogen and oxygen atoms in total. The molecule has 137 valence electrons. The number of hydrogen-bond acceptors (Lipinski definition) is 4. The molecule has 0 rings (SSSR count). The van der Waals surface area contributed by atoms with Crippen LogP contribution in [0.5, 0.6) is 0 Å². The van der Waals surface area contributed by atoms with Crippen LogP contribution in [0.2, 0.25) is 0 Å². The van der Waals surface area contributed by atoms with Gasteiger partial charge in [-0.05, 0) is 55.3 Å². The van der Waals surface area contributed by atoms with Gasteiger partial charge in [0, 0.05) is 42.6 Å². The monoisotopic (exact) mass is 320 g/mol. The van der Waals surface area contributed by atoms with Crippen LogP contribution in [0.15, 0.2) is 0 Å². The van der Waals surface area contributed by atoms with Gasteiger partial charge in [0.2, 0.25) is 0 Å². The zero-order valence-electron chi connectivity index (χ0n) is 16.9. The molecule has 0 saturated heterocycles. The van der Waals surface area contributed by atoms with E-state index in [9.17, 15) is 0 Å². The maximum absolute atomic E-state index is 5.19. The van der Waals surface area contributed by atoms with Gasteiger partial charge in [0.1, 0.15) is 0 Å². The molecule has 0 saturated carbocycles. The summed E-state index contributed by atoms with van der Waals surface area (Å²) in [5.41, 5.74) is 5.19. The molecule has 0 unspecified atom stereocenters. The molecule has 7 heteroatoms. The van der Waals surface area contributed by atoms with E-state index < -0.39 is 0 Å². The summed E-state index contributed by atoms with van der Waals surface area (Å²) in [6.07, 6.45) is 3.90. The van der Waals surface area contributed by atoms with E-state index in [0.29, 0.717) is 0 Å². The normalized spacial score (nSPS) is 7.64. The Bertz CT molecular complexity index is 120. The lowest BCUT2D eigenvalue weighted by Crippen LogP contribution is -2.20. The summed E-state index contributed by atoms with van der Waals surface area (Å²) in [4.78, 5) is 4.24. The fourth-order valence-corrected chi connectivity index (χ4v) is 0.705. The van der Waals surface area contributed by atoms with E-state index in [0.717, 1.165) is 13.1 Å². The Hall–Kier alpha value is 0.0348. The smallest absolute Gasteiger partial charge is 0.00985 e. The summed E-state index contributed by atoms with van der Waals surface area (Å²) in [5, 5.41) is 2.75. The third kappa shape index (κ3) is 147. The first kappa shape index (κ1) is 43.1. The number of hydrogen-bond donors (Lipinski definition) is 2. The Morgan fingerprint density at radius 1 is 0.727 bits per heavy atom. The van der Waals surface area contributed by atoms with Crippen LogP contribution in [0.4, 0.5) is 0 Å². The van der Waals surface area contributed by atoms with Crippen molar-refractivity contribution in [2.45, 2.75) is 40.0 Å². The lowest BCUT2D eigenvalue weighted by molar-refractivity contribution is 0.408. The molecular formula is C15H48B3N4. The molecule has 0 heterocycles. The van der Waals surface area contributed by atoms with E-state index >= 15 is 0 Å². The Morgan fingerprint density at radius 3 is 1.00 bits per heavy atom. The Kier molecular flexibility index (Phi) is 97.4. The third-order valence-corrected chi connectivity index (χ3v) is 1.75. The van der Waals surface area contributed by atoms with Gasteiger partial charge in [0.25, 0.3) is 0 Å². The number of nitrogens with zero attached hydrogens (tertiary/aromatic N) is 2. The van der Waals surface area contributed by atoms with Crippen molar-refractivity contribution in [3.8, 4) is 0 Å². The van der Waals surface area contributed by atoms with Crippen LogP contribution < -0.4 is 11.1 Å². The van der Waals surface area contributed by atoms with Crippen LogP contribution in [0.1, 0.15) is 44.3 Å². The van der Waals surface area contributed by atoms with Crippen LogP contribution in [0, 0.1) is 0 Å². The van der Waals surface area contributed by atoms with E-state index in [1.165, 1.54) is 25.8 Å². The molecule has 0 aliphatic carbocycles. The van der Waals surface area contributed by atoms with Crippen molar-refractivity contribution < 1.29 is 4.28 Å². The lowest BCUT2D eigenvalue weighted by atomic mass is 10.4. The van der Waals surface area contributed by atoms with Gasteiger partial charge in [-0.1, -0.05) is 33.6 Å². The molecule has 0 amide bonds. The summed E-state index contributed by atoms with van der Waals surface area (Å²) >= 11 is 0. The quantitative estimate of drug-likeness (QED) is 0.757. The predicted molar refractivity (Wildman–Crippen MR) is 116 cm³/mol. The van der Waals surface area contributed by atoms with Crippen LogP contribution in [0.3, 0.4) is 0 Å². The first-order valence-corrected chi connectivity index (χ1v) is 7.45. The van der Waals surface area contributed by atoms with Crippen LogP contribution in [-0.4, -0.2) is 97.0 Å². The van der Waals surface area contributed by atoms with Crippen molar-refractivity contribution in [3.63, 3.8) is 0 Å². The Morgan fingerprint density at radius 2 is 1.00 bits per heavy atom. The molecule has 0 aromatic rings. The minimum absolute atomic E-state index is 0. The molecule has 0 aliphatic heterocycles. The molecule has 0 fully saturated rings. The maximum atomic E-state index is 5.19. The molecule has 0 aromatic carbocycles. The van der Waals surface area contributed by atoms with Gasteiger partial charge < -0.3 is 20.9 Å². The van der Waals surface area contributed by atoms with Gasteiger partial charge in [-0.3, -0.25) is 0 Å². The number of rotatable bonds is 5. The van der Waals surface area contributed by atoms with Crippen molar-refractivity contribution in [1.82, 2.24) is 15.1 Å². The molecular weight excluding hydrogens is 269 g/mol. The number of likely N-dealkylation sites (N-methyl/N-ethyl adjacent to an activating group) is 1. The minimum atomic E-state index is 0. The Labute approximate surface area is 153 Å². The van der Waals surface area contributed by atoms with E-state index in [1.54, 1.807) is 0 Å². The molecule has 3 N–H and O–H groups in total. The largest absolute Gasteiger partial charge is 0.329 e. The average molecular weight is 320 g/mol. The van der Waals surface area contributed by atoms with Gasteiger partial charge in [0.15, 0.2) is 0 Å². The second-order valence-electron chi connectivity index (χ2n) is 4.90. The lowest BCUT2D eigenvalue weighted by Gasteiger charge is -2.03. The topological polar surface area (TPSA) is 44.5 Å². The van der Waals surface area contributed by atoms with Crippen LogP contribution >= 0.6 is 0 Å². The zero-order valence-corrected chi connectivity index (χ0v) is 16.9. The van der Waals surface area contributed by atoms with Gasteiger partial charge in [-0.25, -0.2) is 0 Å². The highest BCUT2D eigenvalue weighted by molar-refractivity contribution is 5.76. The van der Waals surface area contributed by atoms with Gasteiger partial charge in [0.05, 0.1) is 0 Å². The second kappa shape index (κ2) is 49.7. The number of unbranched alkanes of at least 4 members (excludes halogenated alkanes) is 1. The minimum Gasteiger partial charge on any atom is -0.329 e.